The van der Waals surface area contributed by atoms with Crippen molar-refractivity contribution >= 4 is 5.97 Å². The van der Waals surface area contributed by atoms with Gasteiger partial charge in [-0.25, -0.2) is 4.79 Å². The SMILES string of the molecule is O=C(OCCCCO)c1ccc(O)cc1. The van der Waals surface area contributed by atoms with E-state index in [1.54, 1.807) is 0 Å². The molecule has 0 aliphatic rings. The van der Waals surface area contributed by atoms with Gasteiger partial charge in [0.15, 0.2) is 0 Å². The average molecular weight is 210 g/mol. The van der Waals surface area contributed by atoms with E-state index in [0.29, 0.717) is 25.0 Å². The highest BCUT2D eigenvalue weighted by Gasteiger charge is 2.05. The number of ether oxygens (including phenoxy) is 1. The molecule has 0 unspecified atom stereocenters. The highest BCUT2D eigenvalue weighted by molar-refractivity contribution is 5.89. The van der Waals surface area contributed by atoms with Crippen LogP contribution in [-0.4, -0.2) is 29.4 Å². The second kappa shape index (κ2) is 6.03. The van der Waals surface area contributed by atoms with E-state index in [1.165, 1.54) is 24.3 Å². The van der Waals surface area contributed by atoms with Crippen LogP contribution in [0.1, 0.15) is 23.2 Å². The number of aromatic hydroxyl groups is 1. The topological polar surface area (TPSA) is 66.8 Å². The normalized spacial score (nSPS) is 9.93. The van der Waals surface area contributed by atoms with Gasteiger partial charge >= 0.3 is 5.97 Å². The van der Waals surface area contributed by atoms with E-state index in [2.05, 4.69) is 0 Å². The third-order valence-corrected chi connectivity index (χ3v) is 1.89. The van der Waals surface area contributed by atoms with Gasteiger partial charge in [0.2, 0.25) is 0 Å². The summed E-state index contributed by atoms with van der Waals surface area (Å²) in [4.78, 5) is 11.4. The molecule has 0 heterocycles. The van der Waals surface area contributed by atoms with Gasteiger partial charge in [-0.15, -0.1) is 0 Å². The zero-order valence-electron chi connectivity index (χ0n) is 8.35. The van der Waals surface area contributed by atoms with Crippen LogP contribution in [0.3, 0.4) is 0 Å². The minimum atomic E-state index is -0.409. The highest BCUT2D eigenvalue weighted by Crippen LogP contribution is 2.10. The molecular weight excluding hydrogens is 196 g/mol. The Balaban J connectivity index is 2.37. The van der Waals surface area contributed by atoms with Gasteiger partial charge in [-0.1, -0.05) is 0 Å². The van der Waals surface area contributed by atoms with Crippen LogP contribution in [0.2, 0.25) is 0 Å². The maximum absolute atomic E-state index is 11.4. The van der Waals surface area contributed by atoms with E-state index in [4.69, 9.17) is 14.9 Å². The average Bonchev–Trinajstić information content (AvgIpc) is 2.25. The lowest BCUT2D eigenvalue weighted by Crippen LogP contribution is -2.06. The van der Waals surface area contributed by atoms with Crippen molar-refractivity contribution in [2.75, 3.05) is 13.2 Å². The number of benzene rings is 1. The Bertz CT molecular complexity index is 305. The maximum Gasteiger partial charge on any atom is 0.338 e. The van der Waals surface area contributed by atoms with Crippen LogP contribution in [0.15, 0.2) is 24.3 Å². The van der Waals surface area contributed by atoms with Gasteiger partial charge in [0, 0.05) is 6.61 Å². The van der Waals surface area contributed by atoms with Crippen LogP contribution in [0.25, 0.3) is 0 Å². The van der Waals surface area contributed by atoms with E-state index in [9.17, 15) is 4.79 Å². The van der Waals surface area contributed by atoms with Gasteiger partial charge in [-0.3, -0.25) is 0 Å². The Morgan fingerprint density at radius 1 is 1.20 bits per heavy atom. The Kier molecular flexibility index (Phi) is 4.63. The summed E-state index contributed by atoms with van der Waals surface area (Å²) in [6.07, 6.45) is 1.28. The summed E-state index contributed by atoms with van der Waals surface area (Å²) in [6, 6.07) is 5.88. The van der Waals surface area contributed by atoms with Gasteiger partial charge in [0.1, 0.15) is 5.75 Å². The van der Waals surface area contributed by atoms with Gasteiger partial charge < -0.3 is 14.9 Å². The van der Waals surface area contributed by atoms with Crippen molar-refractivity contribution < 1.29 is 19.7 Å². The minimum absolute atomic E-state index is 0.108. The minimum Gasteiger partial charge on any atom is -0.508 e. The summed E-state index contributed by atoms with van der Waals surface area (Å²) in [5.41, 5.74) is 0.414. The second-order valence-corrected chi connectivity index (χ2v) is 3.11. The molecule has 0 aliphatic carbocycles. The van der Waals surface area contributed by atoms with Crippen molar-refractivity contribution in [3.63, 3.8) is 0 Å². The third kappa shape index (κ3) is 3.99. The molecule has 15 heavy (non-hydrogen) atoms. The number of hydrogen-bond donors (Lipinski definition) is 2. The Labute approximate surface area is 88.1 Å². The number of hydrogen-bond acceptors (Lipinski definition) is 4. The molecular formula is C11H14O4. The largest absolute Gasteiger partial charge is 0.508 e. The van der Waals surface area contributed by atoms with Crippen molar-refractivity contribution in [2.45, 2.75) is 12.8 Å². The number of rotatable bonds is 5. The number of esters is 1. The van der Waals surface area contributed by atoms with Crippen LogP contribution in [0.4, 0.5) is 0 Å². The molecule has 1 rings (SSSR count). The summed E-state index contributed by atoms with van der Waals surface area (Å²) in [7, 11) is 0. The number of carbonyl (C=O) groups is 1. The first-order valence-electron chi connectivity index (χ1n) is 4.81. The van der Waals surface area contributed by atoms with Crippen LogP contribution in [-0.2, 0) is 4.74 Å². The second-order valence-electron chi connectivity index (χ2n) is 3.11. The first kappa shape index (κ1) is 11.5. The van der Waals surface area contributed by atoms with E-state index in [0.717, 1.165) is 0 Å². The van der Waals surface area contributed by atoms with Crippen LogP contribution in [0.5, 0.6) is 5.75 Å². The summed E-state index contributed by atoms with van der Waals surface area (Å²) >= 11 is 0. The molecule has 0 atom stereocenters. The molecule has 4 nitrogen and oxygen atoms in total. The lowest BCUT2D eigenvalue weighted by atomic mass is 10.2. The van der Waals surface area contributed by atoms with Gasteiger partial charge in [0.05, 0.1) is 12.2 Å². The summed E-state index contributed by atoms with van der Waals surface area (Å²) < 4.78 is 4.94. The molecule has 4 heteroatoms. The van der Waals surface area contributed by atoms with E-state index in [-0.39, 0.29) is 12.4 Å². The fourth-order valence-electron chi connectivity index (χ4n) is 1.06. The third-order valence-electron chi connectivity index (χ3n) is 1.89. The summed E-state index contributed by atoms with van der Waals surface area (Å²) in [5, 5.41) is 17.5. The molecule has 82 valence electrons. The Hall–Kier alpha value is -1.55. The monoisotopic (exact) mass is 210 g/mol. The van der Waals surface area contributed by atoms with Gasteiger partial charge in [-0.05, 0) is 37.1 Å². The highest BCUT2D eigenvalue weighted by atomic mass is 16.5. The van der Waals surface area contributed by atoms with E-state index < -0.39 is 5.97 Å². The van der Waals surface area contributed by atoms with Crippen LogP contribution in [0, 0.1) is 0 Å². The molecule has 0 fully saturated rings. The van der Waals surface area contributed by atoms with Gasteiger partial charge in [0.25, 0.3) is 0 Å². The Morgan fingerprint density at radius 2 is 1.87 bits per heavy atom. The molecule has 1 aromatic rings. The number of aliphatic hydroxyl groups excluding tert-OH is 1. The van der Waals surface area contributed by atoms with Crippen molar-refractivity contribution in [1.29, 1.82) is 0 Å². The number of unbranched alkanes of at least 4 members (excludes halogenated alkanes) is 1. The number of aliphatic hydroxyl groups is 1. The molecule has 0 spiro atoms. The van der Waals surface area contributed by atoms with E-state index in [1.807, 2.05) is 0 Å². The van der Waals surface area contributed by atoms with E-state index >= 15 is 0 Å². The quantitative estimate of drug-likeness (QED) is 0.568. The molecule has 0 saturated heterocycles. The molecule has 0 aliphatic heterocycles. The van der Waals surface area contributed by atoms with Crippen molar-refractivity contribution in [1.82, 2.24) is 0 Å². The molecule has 0 bridgehead atoms. The molecule has 2 N–H and O–H groups in total. The molecule has 0 aromatic heterocycles. The zero-order valence-corrected chi connectivity index (χ0v) is 8.35. The lowest BCUT2D eigenvalue weighted by molar-refractivity contribution is 0.0492. The maximum atomic E-state index is 11.4. The molecule has 0 amide bonds. The Morgan fingerprint density at radius 3 is 2.47 bits per heavy atom. The predicted octanol–water partition coefficient (Wildman–Crippen LogP) is 1.32. The first-order valence-corrected chi connectivity index (χ1v) is 4.81. The molecule has 0 saturated carbocycles. The summed E-state index contributed by atoms with van der Waals surface area (Å²) in [6.45, 7) is 0.414. The van der Waals surface area contributed by atoms with Crippen molar-refractivity contribution in [2.24, 2.45) is 0 Å². The fourth-order valence-corrected chi connectivity index (χ4v) is 1.06. The fraction of sp³-hybridized carbons (Fsp3) is 0.364. The predicted molar refractivity (Wildman–Crippen MR) is 54.7 cm³/mol. The zero-order chi connectivity index (χ0) is 11.1. The summed E-state index contributed by atoms with van der Waals surface area (Å²) in [5.74, 6) is -0.292. The molecule has 1 aromatic carbocycles. The lowest BCUT2D eigenvalue weighted by Gasteiger charge is -2.03. The number of phenols is 1. The molecule has 0 radical (unpaired) electrons. The van der Waals surface area contributed by atoms with Crippen LogP contribution < -0.4 is 0 Å². The van der Waals surface area contributed by atoms with Crippen LogP contribution >= 0.6 is 0 Å². The number of phenolic OH excluding ortho intramolecular Hbond substituents is 1. The first-order chi connectivity index (χ1) is 7.24. The van der Waals surface area contributed by atoms with Crippen molar-refractivity contribution in [3.8, 4) is 5.75 Å². The van der Waals surface area contributed by atoms with Crippen molar-refractivity contribution in [3.05, 3.63) is 29.8 Å². The standard InChI is InChI=1S/C11H14O4/c12-7-1-2-8-15-11(14)9-3-5-10(13)6-4-9/h3-6,12-13H,1-2,7-8H2. The van der Waals surface area contributed by atoms with Gasteiger partial charge in [-0.2, -0.15) is 0 Å². The number of carbonyl (C=O) groups excluding carboxylic acids is 1. The smallest absolute Gasteiger partial charge is 0.338 e.